The van der Waals surface area contributed by atoms with Crippen LogP contribution >= 0.6 is 0 Å². The van der Waals surface area contributed by atoms with Crippen LogP contribution in [0.2, 0.25) is 0 Å². The van der Waals surface area contributed by atoms with Gasteiger partial charge in [-0.25, -0.2) is 0 Å². The number of carbonyl (C=O) groups is 2. The van der Waals surface area contributed by atoms with Crippen molar-refractivity contribution in [3.05, 3.63) is 42.4 Å². The van der Waals surface area contributed by atoms with E-state index in [1.807, 2.05) is 19.9 Å². The maximum Gasteiger partial charge on any atom is 0.229 e. The van der Waals surface area contributed by atoms with E-state index >= 15 is 0 Å². The molecule has 2 heterocycles. The summed E-state index contributed by atoms with van der Waals surface area (Å²) >= 11 is 0. The molecule has 2 aromatic rings. The molecule has 29 heavy (non-hydrogen) atoms. The van der Waals surface area contributed by atoms with Gasteiger partial charge in [0.25, 0.3) is 0 Å². The quantitative estimate of drug-likeness (QED) is 0.655. The molecule has 1 fully saturated rings. The predicted octanol–water partition coefficient (Wildman–Crippen LogP) is 3.84. The molecule has 1 atom stereocenters. The molecule has 1 aliphatic heterocycles. The molecule has 1 aromatic carbocycles. The van der Waals surface area contributed by atoms with E-state index in [4.69, 9.17) is 13.9 Å². The first kappa shape index (κ1) is 20.8. The number of nitrogens with zero attached hydrogens (tertiary/aromatic N) is 1. The second-order valence-corrected chi connectivity index (χ2v) is 7.10. The van der Waals surface area contributed by atoms with Crippen molar-refractivity contribution in [1.82, 2.24) is 4.90 Å². The summed E-state index contributed by atoms with van der Waals surface area (Å²) in [5.41, 5.74) is 0.627. The molecule has 0 saturated carbocycles. The molecular weight excluding hydrogens is 372 g/mol. The van der Waals surface area contributed by atoms with Gasteiger partial charge in [-0.15, -0.1) is 0 Å². The number of rotatable bonds is 10. The standard InChI is InChI=1S/C22H28N2O5/c1-3-9-28-19-8-7-17(13-20(19)29-10-4-2)23-22(26)16-12-21(25)24(14-16)15-18-6-5-11-27-18/h5-8,11,13,16H,3-4,9-10,12,14-15H2,1-2H3,(H,23,26). The number of hydrogen-bond acceptors (Lipinski definition) is 5. The van der Waals surface area contributed by atoms with Crippen molar-refractivity contribution >= 4 is 17.5 Å². The van der Waals surface area contributed by atoms with Crippen LogP contribution in [0.4, 0.5) is 5.69 Å². The summed E-state index contributed by atoms with van der Waals surface area (Å²) in [6.07, 6.45) is 3.55. The van der Waals surface area contributed by atoms with Gasteiger partial charge >= 0.3 is 0 Å². The van der Waals surface area contributed by atoms with Crippen LogP contribution in [0.1, 0.15) is 38.9 Å². The topological polar surface area (TPSA) is 81.0 Å². The Hall–Kier alpha value is -2.96. The summed E-state index contributed by atoms with van der Waals surface area (Å²) in [4.78, 5) is 26.6. The van der Waals surface area contributed by atoms with Gasteiger partial charge in [0.2, 0.25) is 11.8 Å². The monoisotopic (exact) mass is 400 g/mol. The molecule has 2 amide bonds. The minimum atomic E-state index is -0.395. The highest BCUT2D eigenvalue weighted by atomic mass is 16.5. The largest absolute Gasteiger partial charge is 0.490 e. The van der Waals surface area contributed by atoms with Crippen molar-refractivity contribution < 1.29 is 23.5 Å². The number of nitrogens with one attached hydrogen (secondary N) is 1. The lowest BCUT2D eigenvalue weighted by Gasteiger charge is -2.16. The van der Waals surface area contributed by atoms with E-state index in [0.29, 0.717) is 49.2 Å². The minimum Gasteiger partial charge on any atom is -0.490 e. The summed E-state index contributed by atoms with van der Waals surface area (Å²) in [5.74, 6) is 1.37. The van der Waals surface area contributed by atoms with Crippen LogP contribution in [-0.2, 0) is 16.1 Å². The van der Waals surface area contributed by atoms with Crippen LogP contribution in [-0.4, -0.2) is 36.5 Å². The van der Waals surface area contributed by atoms with Crippen LogP contribution in [0.3, 0.4) is 0 Å². The maximum atomic E-state index is 12.7. The first-order chi connectivity index (χ1) is 14.1. The average Bonchev–Trinajstić information content (AvgIpc) is 3.36. The summed E-state index contributed by atoms with van der Waals surface area (Å²) in [6, 6.07) is 8.97. The Morgan fingerprint density at radius 2 is 1.93 bits per heavy atom. The van der Waals surface area contributed by atoms with Crippen molar-refractivity contribution in [3.8, 4) is 11.5 Å². The van der Waals surface area contributed by atoms with E-state index < -0.39 is 5.92 Å². The van der Waals surface area contributed by atoms with E-state index in [1.54, 1.807) is 35.4 Å². The van der Waals surface area contributed by atoms with Crippen molar-refractivity contribution in [3.63, 3.8) is 0 Å². The van der Waals surface area contributed by atoms with Crippen LogP contribution in [0, 0.1) is 5.92 Å². The van der Waals surface area contributed by atoms with Gasteiger partial charge in [0.1, 0.15) is 5.76 Å². The third kappa shape index (κ3) is 5.53. The molecule has 7 heteroatoms. The van der Waals surface area contributed by atoms with Crippen LogP contribution in [0.15, 0.2) is 41.0 Å². The molecule has 0 spiro atoms. The van der Waals surface area contributed by atoms with E-state index in [0.717, 1.165) is 12.8 Å². The molecule has 1 N–H and O–H groups in total. The zero-order valence-electron chi connectivity index (χ0n) is 17.0. The zero-order chi connectivity index (χ0) is 20.6. The number of anilines is 1. The fraction of sp³-hybridized carbons (Fsp3) is 0.455. The smallest absolute Gasteiger partial charge is 0.229 e. The summed E-state index contributed by atoms with van der Waals surface area (Å²) in [5, 5.41) is 2.91. The molecule has 3 rings (SSSR count). The number of ether oxygens (including phenoxy) is 2. The Bertz CT molecular complexity index is 819. The van der Waals surface area contributed by atoms with Crippen LogP contribution in [0.25, 0.3) is 0 Å². The molecule has 1 saturated heterocycles. The normalized spacial score (nSPS) is 16.1. The third-order valence-corrected chi connectivity index (χ3v) is 4.65. The minimum absolute atomic E-state index is 0.0446. The van der Waals surface area contributed by atoms with Crippen molar-refractivity contribution in [2.45, 2.75) is 39.7 Å². The number of likely N-dealkylation sites (tertiary alicyclic amines) is 1. The van der Waals surface area contributed by atoms with Gasteiger partial charge < -0.3 is 24.1 Å². The number of amides is 2. The number of carbonyl (C=O) groups excluding carboxylic acids is 2. The summed E-state index contributed by atoms with van der Waals surface area (Å²) in [6.45, 7) is 6.00. The predicted molar refractivity (Wildman–Crippen MR) is 109 cm³/mol. The second kappa shape index (κ2) is 10.0. The highest BCUT2D eigenvalue weighted by Crippen LogP contribution is 2.31. The zero-order valence-corrected chi connectivity index (χ0v) is 17.0. The molecule has 0 bridgehead atoms. The van der Waals surface area contributed by atoms with E-state index in [2.05, 4.69) is 5.32 Å². The van der Waals surface area contributed by atoms with Crippen LogP contribution < -0.4 is 14.8 Å². The van der Waals surface area contributed by atoms with Gasteiger partial charge in [-0.2, -0.15) is 0 Å². The van der Waals surface area contributed by atoms with Gasteiger partial charge in [-0.1, -0.05) is 13.8 Å². The van der Waals surface area contributed by atoms with Gasteiger partial charge in [-0.3, -0.25) is 9.59 Å². The molecule has 7 nitrogen and oxygen atoms in total. The molecule has 1 unspecified atom stereocenters. The van der Waals surface area contributed by atoms with Crippen molar-refractivity contribution in [2.24, 2.45) is 5.92 Å². The van der Waals surface area contributed by atoms with E-state index in [9.17, 15) is 9.59 Å². The van der Waals surface area contributed by atoms with Gasteiger partial charge in [0.15, 0.2) is 11.5 Å². The highest BCUT2D eigenvalue weighted by Gasteiger charge is 2.34. The molecule has 0 aliphatic carbocycles. The van der Waals surface area contributed by atoms with Crippen molar-refractivity contribution in [1.29, 1.82) is 0 Å². The second-order valence-electron chi connectivity index (χ2n) is 7.10. The summed E-state index contributed by atoms with van der Waals surface area (Å²) in [7, 11) is 0. The third-order valence-electron chi connectivity index (χ3n) is 4.65. The Balaban J connectivity index is 1.62. The lowest BCUT2D eigenvalue weighted by atomic mass is 10.1. The Morgan fingerprint density at radius 1 is 1.17 bits per heavy atom. The van der Waals surface area contributed by atoms with E-state index in [1.165, 1.54) is 0 Å². The fourth-order valence-electron chi connectivity index (χ4n) is 3.18. The van der Waals surface area contributed by atoms with Crippen LogP contribution in [0.5, 0.6) is 11.5 Å². The fourth-order valence-corrected chi connectivity index (χ4v) is 3.18. The number of furan rings is 1. The van der Waals surface area contributed by atoms with Gasteiger partial charge in [-0.05, 0) is 37.1 Å². The molecular formula is C22H28N2O5. The van der Waals surface area contributed by atoms with Gasteiger partial charge in [0.05, 0.1) is 31.9 Å². The Morgan fingerprint density at radius 3 is 2.62 bits per heavy atom. The Labute approximate surface area is 171 Å². The summed E-state index contributed by atoms with van der Waals surface area (Å²) < 4.78 is 16.8. The first-order valence-electron chi connectivity index (χ1n) is 10.1. The lowest BCUT2D eigenvalue weighted by molar-refractivity contribution is -0.128. The molecule has 1 aliphatic rings. The average molecular weight is 400 g/mol. The number of hydrogen-bond donors (Lipinski definition) is 1. The lowest BCUT2D eigenvalue weighted by Crippen LogP contribution is -2.27. The maximum absolute atomic E-state index is 12.7. The highest BCUT2D eigenvalue weighted by molar-refractivity contribution is 5.97. The van der Waals surface area contributed by atoms with Crippen molar-refractivity contribution in [2.75, 3.05) is 25.1 Å². The first-order valence-corrected chi connectivity index (χ1v) is 10.1. The molecule has 156 valence electrons. The van der Waals surface area contributed by atoms with E-state index in [-0.39, 0.29) is 18.2 Å². The van der Waals surface area contributed by atoms with Gasteiger partial charge in [0, 0.05) is 24.7 Å². The Kier molecular flexibility index (Phi) is 7.16. The molecule has 1 aromatic heterocycles. The molecule has 0 radical (unpaired) electrons. The number of benzene rings is 1. The SMILES string of the molecule is CCCOc1ccc(NC(=O)C2CC(=O)N(Cc3ccco3)C2)cc1OCCC.